The second-order valence-electron chi connectivity index (χ2n) is 5.63. The van der Waals surface area contributed by atoms with Crippen LogP contribution in [0, 0.1) is 0 Å². The number of carbonyl (C=O) groups excluding carboxylic acids is 1. The average Bonchev–Trinajstić information content (AvgIpc) is 3.05. The Morgan fingerprint density at radius 3 is 2.44 bits per heavy atom. The number of aromatic nitrogens is 2. The van der Waals surface area contributed by atoms with Gasteiger partial charge in [-0.15, -0.1) is 10.2 Å². The number of carbonyl (C=O) groups is 1. The third kappa shape index (κ3) is 3.90. The van der Waals surface area contributed by atoms with E-state index in [1.165, 1.54) is 6.07 Å². The molecule has 1 aromatic carbocycles. The van der Waals surface area contributed by atoms with E-state index in [-0.39, 0.29) is 22.7 Å². The van der Waals surface area contributed by atoms with Crippen LogP contribution in [-0.4, -0.2) is 34.1 Å². The number of benzene rings is 1. The van der Waals surface area contributed by atoms with Crippen LogP contribution in [0.3, 0.4) is 0 Å². The van der Waals surface area contributed by atoms with Crippen LogP contribution in [0.25, 0.3) is 0 Å². The zero-order valence-corrected chi connectivity index (χ0v) is 14.2. The highest BCUT2D eigenvalue weighted by Gasteiger charge is 2.39. The van der Waals surface area contributed by atoms with Crippen molar-refractivity contribution in [2.45, 2.75) is 24.9 Å². The molecule has 1 fully saturated rings. The summed E-state index contributed by atoms with van der Waals surface area (Å²) in [5.74, 6) is -1.96. The zero-order chi connectivity index (χ0) is 18.2. The van der Waals surface area contributed by atoms with Crippen molar-refractivity contribution in [2.75, 3.05) is 13.1 Å². The van der Waals surface area contributed by atoms with Crippen molar-refractivity contribution in [2.24, 2.45) is 0 Å². The molecule has 1 saturated heterocycles. The molecule has 0 N–H and O–H groups in total. The number of nitrogens with zero attached hydrogens (tertiary/aromatic N) is 3. The van der Waals surface area contributed by atoms with Gasteiger partial charge >= 0.3 is 12.1 Å². The molecular formula is C15H12Cl2F3N3O2. The van der Waals surface area contributed by atoms with Gasteiger partial charge in [-0.1, -0.05) is 23.2 Å². The molecule has 0 saturated carbocycles. The van der Waals surface area contributed by atoms with Crippen LogP contribution < -0.4 is 0 Å². The minimum atomic E-state index is -4.66. The molecule has 1 aliphatic rings. The largest absolute Gasteiger partial charge is 0.470 e. The molecule has 2 heterocycles. The standard InChI is InChI=1S/C15H12Cl2F3N3O2/c16-9-1-2-10(11(17)7-9)13(24)23-5-3-8(4-6-23)12-21-22-14(25-12)15(18,19)20/h1-2,7-8H,3-6H2. The van der Waals surface area contributed by atoms with E-state index in [4.69, 9.17) is 27.6 Å². The molecule has 5 nitrogen and oxygen atoms in total. The van der Waals surface area contributed by atoms with Gasteiger partial charge in [0.1, 0.15) is 0 Å². The first-order valence-electron chi connectivity index (χ1n) is 7.40. The smallest absolute Gasteiger partial charge is 0.417 e. The predicted octanol–water partition coefficient (Wildman–Crippen LogP) is 4.42. The van der Waals surface area contributed by atoms with Crippen molar-refractivity contribution in [3.8, 4) is 0 Å². The van der Waals surface area contributed by atoms with Crippen molar-refractivity contribution < 1.29 is 22.4 Å². The second-order valence-corrected chi connectivity index (χ2v) is 6.48. The highest BCUT2D eigenvalue weighted by molar-refractivity contribution is 6.36. The zero-order valence-electron chi connectivity index (χ0n) is 12.7. The third-order valence-corrected chi connectivity index (χ3v) is 4.52. The van der Waals surface area contributed by atoms with E-state index >= 15 is 0 Å². The molecule has 0 atom stereocenters. The summed E-state index contributed by atoms with van der Waals surface area (Å²) in [5, 5.41) is 7.20. The Hall–Kier alpha value is -1.80. The van der Waals surface area contributed by atoms with Crippen molar-refractivity contribution in [1.29, 1.82) is 0 Å². The lowest BCUT2D eigenvalue weighted by atomic mass is 9.96. The fraction of sp³-hybridized carbons (Fsp3) is 0.400. The van der Waals surface area contributed by atoms with Gasteiger partial charge in [0.2, 0.25) is 5.89 Å². The normalized spacial score (nSPS) is 16.3. The number of hydrogen-bond acceptors (Lipinski definition) is 4. The lowest BCUT2D eigenvalue weighted by Crippen LogP contribution is -2.38. The Morgan fingerprint density at radius 2 is 1.88 bits per heavy atom. The molecule has 0 spiro atoms. The number of piperidine rings is 1. The van der Waals surface area contributed by atoms with E-state index in [0.29, 0.717) is 36.5 Å². The number of amides is 1. The van der Waals surface area contributed by atoms with Crippen LogP contribution >= 0.6 is 23.2 Å². The minimum absolute atomic E-state index is 0.0519. The molecule has 0 aliphatic carbocycles. The van der Waals surface area contributed by atoms with Gasteiger partial charge in [0.15, 0.2) is 0 Å². The van der Waals surface area contributed by atoms with Gasteiger partial charge in [-0.2, -0.15) is 13.2 Å². The first kappa shape index (κ1) is 18.0. The number of hydrogen-bond donors (Lipinski definition) is 0. The van der Waals surface area contributed by atoms with Gasteiger partial charge in [0.25, 0.3) is 5.91 Å². The molecule has 0 radical (unpaired) electrons. The molecule has 2 aromatic rings. The van der Waals surface area contributed by atoms with Crippen LogP contribution in [0.5, 0.6) is 0 Å². The third-order valence-electron chi connectivity index (χ3n) is 3.98. The molecule has 1 amide bonds. The maximum absolute atomic E-state index is 12.5. The molecule has 3 rings (SSSR count). The van der Waals surface area contributed by atoms with E-state index < -0.39 is 12.1 Å². The summed E-state index contributed by atoms with van der Waals surface area (Å²) < 4.78 is 42.3. The van der Waals surface area contributed by atoms with Gasteiger partial charge in [-0.25, -0.2) is 0 Å². The highest BCUT2D eigenvalue weighted by Crippen LogP contribution is 2.33. The van der Waals surface area contributed by atoms with Crippen LogP contribution in [0.4, 0.5) is 13.2 Å². The Kier molecular flexibility index (Phi) is 4.92. The Labute approximate surface area is 150 Å². The molecule has 0 unspecified atom stereocenters. The van der Waals surface area contributed by atoms with Gasteiger partial charge in [0.05, 0.1) is 10.6 Å². The van der Waals surface area contributed by atoms with Crippen molar-refractivity contribution in [3.05, 3.63) is 45.6 Å². The Bertz CT molecular complexity index is 787. The van der Waals surface area contributed by atoms with E-state index in [2.05, 4.69) is 10.2 Å². The van der Waals surface area contributed by atoms with E-state index in [1.807, 2.05) is 0 Å². The van der Waals surface area contributed by atoms with Gasteiger partial charge in [-0.05, 0) is 31.0 Å². The monoisotopic (exact) mass is 393 g/mol. The summed E-state index contributed by atoms with van der Waals surface area (Å²) in [6, 6.07) is 4.61. The SMILES string of the molecule is O=C(c1ccc(Cl)cc1Cl)N1CCC(c2nnc(C(F)(F)F)o2)CC1. The van der Waals surface area contributed by atoms with Crippen molar-refractivity contribution >= 4 is 29.1 Å². The van der Waals surface area contributed by atoms with Crippen LogP contribution in [0.2, 0.25) is 10.0 Å². The number of likely N-dealkylation sites (tertiary alicyclic amines) is 1. The fourth-order valence-corrected chi connectivity index (χ4v) is 3.17. The predicted molar refractivity (Wildman–Crippen MR) is 83.6 cm³/mol. The topological polar surface area (TPSA) is 59.2 Å². The quantitative estimate of drug-likeness (QED) is 0.757. The van der Waals surface area contributed by atoms with E-state index in [9.17, 15) is 18.0 Å². The molecule has 0 bridgehead atoms. The highest BCUT2D eigenvalue weighted by atomic mass is 35.5. The summed E-state index contributed by atoms with van der Waals surface area (Å²) in [6.45, 7) is 0.707. The molecule has 1 aliphatic heterocycles. The van der Waals surface area contributed by atoms with E-state index in [0.717, 1.165) is 0 Å². The molecule has 134 valence electrons. The first-order chi connectivity index (χ1) is 11.8. The number of halogens is 5. The van der Waals surface area contributed by atoms with Crippen LogP contribution in [0.1, 0.15) is 40.9 Å². The summed E-state index contributed by atoms with van der Waals surface area (Å²) in [7, 11) is 0. The summed E-state index contributed by atoms with van der Waals surface area (Å²) in [6.07, 6.45) is -3.81. The maximum Gasteiger partial charge on any atom is 0.470 e. The van der Waals surface area contributed by atoms with Gasteiger partial charge < -0.3 is 9.32 Å². The van der Waals surface area contributed by atoms with E-state index in [1.54, 1.807) is 17.0 Å². The second kappa shape index (κ2) is 6.84. The summed E-state index contributed by atoms with van der Waals surface area (Å²) in [5.41, 5.74) is 0.335. The molecule has 1 aromatic heterocycles. The van der Waals surface area contributed by atoms with Crippen molar-refractivity contribution in [3.63, 3.8) is 0 Å². The lowest BCUT2D eigenvalue weighted by molar-refractivity contribution is -0.157. The fourth-order valence-electron chi connectivity index (χ4n) is 2.68. The number of rotatable bonds is 2. The lowest BCUT2D eigenvalue weighted by Gasteiger charge is -2.30. The maximum atomic E-state index is 12.5. The van der Waals surface area contributed by atoms with Gasteiger partial charge in [0, 0.05) is 24.0 Å². The van der Waals surface area contributed by atoms with Crippen molar-refractivity contribution in [1.82, 2.24) is 15.1 Å². The minimum Gasteiger partial charge on any atom is -0.417 e. The Morgan fingerprint density at radius 1 is 1.20 bits per heavy atom. The Balaban J connectivity index is 1.65. The summed E-state index contributed by atoms with van der Waals surface area (Å²) >= 11 is 11.9. The molecule has 10 heteroatoms. The van der Waals surface area contributed by atoms with Crippen LogP contribution in [-0.2, 0) is 6.18 Å². The van der Waals surface area contributed by atoms with Crippen LogP contribution in [0.15, 0.2) is 22.6 Å². The average molecular weight is 394 g/mol. The summed E-state index contributed by atoms with van der Waals surface area (Å²) in [4.78, 5) is 14.1. The van der Waals surface area contributed by atoms with Gasteiger partial charge in [-0.3, -0.25) is 4.79 Å². The molecule has 25 heavy (non-hydrogen) atoms. The molecular weight excluding hydrogens is 382 g/mol. The first-order valence-corrected chi connectivity index (χ1v) is 8.16. The number of alkyl halides is 3.